The first-order valence-electron chi connectivity index (χ1n) is 6.56. The predicted molar refractivity (Wildman–Crippen MR) is 67.7 cm³/mol. The van der Waals surface area contributed by atoms with Crippen LogP contribution >= 0.6 is 0 Å². The lowest BCUT2D eigenvalue weighted by Crippen LogP contribution is -2.19. The van der Waals surface area contributed by atoms with Gasteiger partial charge in [-0.3, -0.25) is 0 Å². The molecule has 1 aliphatic rings. The van der Waals surface area contributed by atoms with Gasteiger partial charge in [-0.15, -0.1) is 0 Å². The van der Waals surface area contributed by atoms with E-state index in [0.717, 1.165) is 18.1 Å². The van der Waals surface area contributed by atoms with Crippen molar-refractivity contribution in [2.45, 2.75) is 44.8 Å². The van der Waals surface area contributed by atoms with E-state index in [2.05, 4.69) is 15.3 Å². The molecule has 4 heteroatoms. The molecule has 1 saturated carbocycles. The summed E-state index contributed by atoms with van der Waals surface area (Å²) in [5.74, 6) is 1.62. The summed E-state index contributed by atoms with van der Waals surface area (Å²) in [4.78, 5) is 7.82. The number of nitrogens with one attached hydrogen (secondary N) is 2. The number of aromatic amines is 1. The summed E-state index contributed by atoms with van der Waals surface area (Å²) in [5, 5.41) is 3.12. The van der Waals surface area contributed by atoms with Crippen LogP contribution in [0.3, 0.4) is 0 Å². The molecule has 2 N–H and O–H groups in total. The number of methoxy groups -OCH3 is 1. The highest BCUT2D eigenvalue weighted by Crippen LogP contribution is 2.35. The van der Waals surface area contributed by atoms with E-state index in [-0.39, 0.29) is 6.10 Å². The normalized spacial score (nSPS) is 19.4. The molecule has 1 heterocycles. The molecule has 0 amide bonds. The molecule has 1 aliphatic carbocycles. The molecule has 0 bridgehead atoms. The highest BCUT2D eigenvalue weighted by molar-refractivity contribution is 5.04. The average molecular weight is 237 g/mol. The van der Waals surface area contributed by atoms with Crippen LogP contribution < -0.4 is 5.32 Å². The van der Waals surface area contributed by atoms with Crippen LogP contribution in [-0.2, 0) is 11.3 Å². The molecule has 1 aromatic heterocycles. The maximum Gasteiger partial charge on any atom is 0.135 e. The Bertz CT molecular complexity index is 331. The van der Waals surface area contributed by atoms with Gasteiger partial charge < -0.3 is 15.0 Å². The summed E-state index contributed by atoms with van der Waals surface area (Å²) in [6.45, 7) is 0.827. The topological polar surface area (TPSA) is 49.9 Å². The maximum atomic E-state index is 5.65. The van der Waals surface area contributed by atoms with Crippen LogP contribution in [0.25, 0.3) is 0 Å². The van der Waals surface area contributed by atoms with Crippen molar-refractivity contribution in [2.75, 3.05) is 14.2 Å². The second kappa shape index (κ2) is 6.17. The fourth-order valence-corrected chi connectivity index (χ4v) is 2.77. The lowest BCUT2D eigenvalue weighted by molar-refractivity contribution is 0.0294. The fraction of sp³-hybridized carbons (Fsp3) is 0.769. The van der Waals surface area contributed by atoms with Gasteiger partial charge in [0.25, 0.3) is 0 Å². The number of hydrogen-bond acceptors (Lipinski definition) is 3. The van der Waals surface area contributed by atoms with Crippen LogP contribution in [0.15, 0.2) is 6.20 Å². The summed E-state index contributed by atoms with van der Waals surface area (Å²) in [6.07, 6.45) is 8.60. The third-order valence-corrected chi connectivity index (χ3v) is 3.62. The average Bonchev–Trinajstić information content (AvgIpc) is 2.81. The van der Waals surface area contributed by atoms with Crippen molar-refractivity contribution < 1.29 is 4.74 Å². The van der Waals surface area contributed by atoms with E-state index in [1.165, 1.54) is 32.1 Å². The van der Waals surface area contributed by atoms with Gasteiger partial charge in [0.1, 0.15) is 11.9 Å². The molecule has 1 fully saturated rings. The predicted octanol–water partition coefficient (Wildman–Crippen LogP) is 2.40. The van der Waals surface area contributed by atoms with Gasteiger partial charge in [-0.05, 0) is 25.8 Å². The zero-order valence-corrected chi connectivity index (χ0v) is 10.8. The quantitative estimate of drug-likeness (QED) is 0.826. The van der Waals surface area contributed by atoms with Crippen molar-refractivity contribution in [3.63, 3.8) is 0 Å². The van der Waals surface area contributed by atoms with Gasteiger partial charge >= 0.3 is 0 Å². The van der Waals surface area contributed by atoms with Crippen molar-refractivity contribution in [3.8, 4) is 0 Å². The van der Waals surface area contributed by atoms with E-state index < -0.39 is 0 Å². The fourth-order valence-electron chi connectivity index (χ4n) is 2.77. The van der Waals surface area contributed by atoms with E-state index in [0.29, 0.717) is 5.92 Å². The first-order valence-corrected chi connectivity index (χ1v) is 6.56. The summed E-state index contributed by atoms with van der Waals surface area (Å²) < 4.78 is 5.65. The Balaban J connectivity index is 2.04. The Morgan fingerprint density at radius 3 is 2.88 bits per heavy atom. The van der Waals surface area contributed by atoms with Crippen LogP contribution in [0.5, 0.6) is 0 Å². The molecular formula is C13H23N3O. The van der Waals surface area contributed by atoms with Gasteiger partial charge in [0, 0.05) is 25.5 Å². The number of nitrogens with zero attached hydrogens (tertiary/aromatic N) is 1. The number of rotatable bonds is 5. The Labute approximate surface area is 103 Å². The van der Waals surface area contributed by atoms with Crippen molar-refractivity contribution in [1.82, 2.24) is 15.3 Å². The van der Waals surface area contributed by atoms with Crippen molar-refractivity contribution in [1.29, 1.82) is 0 Å². The zero-order valence-electron chi connectivity index (χ0n) is 10.8. The second-order valence-electron chi connectivity index (χ2n) is 4.88. The highest BCUT2D eigenvalue weighted by atomic mass is 16.5. The molecule has 4 nitrogen and oxygen atoms in total. The highest BCUT2D eigenvalue weighted by Gasteiger charge is 2.26. The molecule has 0 radical (unpaired) electrons. The third kappa shape index (κ3) is 3.07. The van der Waals surface area contributed by atoms with Gasteiger partial charge in [0.05, 0.1) is 0 Å². The molecule has 2 rings (SSSR count). The minimum atomic E-state index is 0.140. The third-order valence-electron chi connectivity index (χ3n) is 3.62. The molecule has 0 spiro atoms. The molecule has 1 aromatic rings. The maximum absolute atomic E-state index is 5.65. The van der Waals surface area contributed by atoms with Crippen molar-refractivity contribution in [2.24, 2.45) is 5.92 Å². The molecule has 1 atom stereocenters. The van der Waals surface area contributed by atoms with Gasteiger partial charge in [0.2, 0.25) is 0 Å². The standard InChI is InChI=1S/C13H23N3O/c1-14-8-11-9-15-13(16-11)12(17-2)10-6-4-3-5-7-10/h9-10,12,14H,3-8H2,1-2H3,(H,15,16). The number of hydrogen-bond donors (Lipinski definition) is 2. The minimum Gasteiger partial charge on any atom is -0.373 e. The van der Waals surface area contributed by atoms with Gasteiger partial charge in [0.15, 0.2) is 0 Å². The van der Waals surface area contributed by atoms with E-state index in [1.807, 2.05) is 13.2 Å². The van der Waals surface area contributed by atoms with Crippen LogP contribution in [0, 0.1) is 5.92 Å². The number of imidazole rings is 1. The number of ether oxygens (including phenoxy) is 1. The second-order valence-corrected chi connectivity index (χ2v) is 4.88. The van der Waals surface area contributed by atoms with Gasteiger partial charge in [-0.25, -0.2) is 4.98 Å². The Hall–Kier alpha value is -0.870. The number of H-pyrrole nitrogens is 1. The van der Waals surface area contributed by atoms with Gasteiger partial charge in [-0.2, -0.15) is 0 Å². The van der Waals surface area contributed by atoms with Gasteiger partial charge in [-0.1, -0.05) is 19.3 Å². The molecule has 0 saturated heterocycles. The van der Waals surface area contributed by atoms with Crippen LogP contribution in [0.4, 0.5) is 0 Å². The first-order chi connectivity index (χ1) is 8.35. The zero-order chi connectivity index (χ0) is 12.1. The van der Waals surface area contributed by atoms with E-state index in [1.54, 1.807) is 7.11 Å². The van der Waals surface area contributed by atoms with E-state index >= 15 is 0 Å². The SMILES string of the molecule is CNCc1cnc(C(OC)C2CCCCC2)[nH]1. The van der Waals surface area contributed by atoms with E-state index in [4.69, 9.17) is 4.74 Å². The molecular weight excluding hydrogens is 214 g/mol. The molecule has 17 heavy (non-hydrogen) atoms. The van der Waals surface area contributed by atoms with Crippen LogP contribution in [0.2, 0.25) is 0 Å². The van der Waals surface area contributed by atoms with Crippen molar-refractivity contribution in [3.05, 3.63) is 17.7 Å². The van der Waals surface area contributed by atoms with Crippen LogP contribution in [0.1, 0.15) is 49.7 Å². The molecule has 0 aliphatic heterocycles. The Morgan fingerprint density at radius 2 is 2.24 bits per heavy atom. The summed E-state index contributed by atoms with van der Waals surface area (Å²) in [7, 11) is 3.73. The summed E-state index contributed by atoms with van der Waals surface area (Å²) >= 11 is 0. The minimum absolute atomic E-state index is 0.140. The first kappa shape index (κ1) is 12.6. The van der Waals surface area contributed by atoms with Crippen LogP contribution in [-0.4, -0.2) is 24.1 Å². The summed E-state index contributed by atoms with van der Waals surface area (Å²) in [5.41, 5.74) is 1.13. The largest absolute Gasteiger partial charge is 0.373 e. The Morgan fingerprint density at radius 1 is 1.47 bits per heavy atom. The smallest absolute Gasteiger partial charge is 0.135 e. The Kier molecular flexibility index (Phi) is 4.57. The molecule has 1 unspecified atom stereocenters. The summed E-state index contributed by atoms with van der Waals surface area (Å²) in [6, 6.07) is 0. The molecule has 0 aromatic carbocycles. The number of aromatic nitrogens is 2. The lowest BCUT2D eigenvalue weighted by Gasteiger charge is -2.27. The van der Waals surface area contributed by atoms with E-state index in [9.17, 15) is 0 Å². The monoisotopic (exact) mass is 237 g/mol. The van der Waals surface area contributed by atoms with Crippen molar-refractivity contribution >= 4 is 0 Å². The molecule has 96 valence electrons. The lowest BCUT2D eigenvalue weighted by atomic mass is 9.85.